The lowest BCUT2D eigenvalue weighted by atomic mass is 9.84. The van der Waals surface area contributed by atoms with Gasteiger partial charge in [0.25, 0.3) is 0 Å². The lowest BCUT2D eigenvalue weighted by Gasteiger charge is -2.46. The fourth-order valence-electron chi connectivity index (χ4n) is 4.62. The van der Waals surface area contributed by atoms with E-state index in [0.29, 0.717) is 43.8 Å². The van der Waals surface area contributed by atoms with Crippen molar-refractivity contribution in [3.63, 3.8) is 0 Å². The second kappa shape index (κ2) is 10.6. The highest BCUT2D eigenvalue weighted by molar-refractivity contribution is 6.76. The Bertz CT molecular complexity index is 1250. The summed E-state index contributed by atoms with van der Waals surface area (Å²) in [7, 11) is -1.20. The van der Waals surface area contributed by atoms with Crippen LogP contribution in [0, 0.1) is 5.41 Å². The van der Waals surface area contributed by atoms with Crippen molar-refractivity contribution in [2.45, 2.75) is 59.2 Å². The fourth-order valence-corrected chi connectivity index (χ4v) is 5.56. The molecule has 3 aromatic heterocycles. The first-order chi connectivity index (χ1) is 17.3. The van der Waals surface area contributed by atoms with E-state index in [1.165, 1.54) is 6.33 Å². The highest BCUT2D eigenvalue weighted by Crippen LogP contribution is 2.32. The normalized spacial score (nSPS) is 17.0. The van der Waals surface area contributed by atoms with Gasteiger partial charge in [0, 0.05) is 34.3 Å². The van der Waals surface area contributed by atoms with Crippen LogP contribution in [-0.4, -0.2) is 76.0 Å². The van der Waals surface area contributed by atoms with Gasteiger partial charge in [0.2, 0.25) is 0 Å². The number of aromatic nitrogens is 4. The number of carbonyl (C=O) groups is 1. The van der Waals surface area contributed by atoms with Crippen LogP contribution in [0.2, 0.25) is 30.8 Å². The number of pyridine rings is 1. The van der Waals surface area contributed by atoms with Crippen molar-refractivity contribution in [2.24, 2.45) is 5.41 Å². The molecule has 9 nitrogen and oxygen atoms in total. The van der Waals surface area contributed by atoms with E-state index in [-0.39, 0.29) is 11.5 Å². The second-order valence-corrected chi connectivity index (χ2v) is 17.9. The fraction of sp³-hybridized carbons (Fsp3) is 0.538. The van der Waals surface area contributed by atoms with Gasteiger partial charge >= 0.3 is 6.09 Å². The predicted molar refractivity (Wildman–Crippen MR) is 150 cm³/mol. The van der Waals surface area contributed by atoms with Crippen molar-refractivity contribution in [3.8, 4) is 11.4 Å². The average molecular weight is 545 g/mol. The lowest BCUT2D eigenvalue weighted by molar-refractivity contribution is 0.0748. The summed E-state index contributed by atoms with van der Waals surface area (Å²) in [6.45, 7) is 16.0. The third-order valence-electron chi connectivity index (χ3n) is 6.86. The zero-order chi connectivity index (χ0) is 27.0. The molecule has 0 saturated carbocycles. The molecule has 200 valence electrons. The van der Waals surface area contributed by atoms with E-state index >= 15 is 0 Å². The van der Waals surface area contributed by atoms with Crippen molar-refractivity contribution >= 4 is 42.5 Å². The minimum Gasteiger partial charge on any atom is -0.465 e. The van der Waals surface area contributed by atoms with E-state index in [0.717, 1.165) is 28.5 Å². The highest BCUT2D eigenvalue weighted by atomic mass is 35.5. The number of anilines is 1. The van der Waals surface area contributed by atoms with Crippen molar-refractivity contribution in [3.05, 3.63) is 35.9 Å². The molecule has 0 bridgehead atoms. The van der Waals surface area contributed by atoms with Crippen LogP contribution in [0.4, 0.5) is 10.5 Å². The van der Waals surface area contributed by atoms with Gasteiger partial charge in [-0.2, -0.15) is 0 Å². The summed E-state index contributed by atoms with van der Waals surface area (Å²) in [6, 6.07) is 6.95. The number of hydrogen-bond acceptors (Lipinski definition) is 6. The van der Waals surface area contributed by atoms with Crippen LogP contribution < -0.4 is 4.90 Å². The molecule has 0 aromatic carbocycles. The highest BCUT2D eigenvalue weighted by Gasteiger charge is 2.38. The van der Waals surface area contributed by atoms with E-state index in [9.17, 15) is 9.90 Å². The summed E-state index contributed by atoms with van der Waals surface area (Å²) in [5.74, 6) is 0. The van der Waals surface area contributed by atoms with Crippen LogP contribution in [0.25, 0.3) is 22.4 Å². The summed E-state index contributed by atoms with van der Waals surface area (Å²) >= 11 is 6.39. The molecule has 0 aliphatic carbocycles. The minimum atomic E-state index is -1.20. The van der Waals surface area contributed by atoms with Gasteiger partial charge in [-0.05, 0) is 29.7 Å². The Morgan fingerprint density at radius 2 is 1.95 bits per heavy atom. The number of piperazine rings is 1. The topological polar surface area (TPSA) is 96.6 Å². The van der Waals surface area contributed by atoms with Crippen LogP contribution in [0.5, 0.6) is 0 Å². The van der Waals surface area contributed by atoms with Gasteiger partial charge in [0.15, 0.2) is 0 Å². The number of amides is 1. The molecule has 1 aliphatic heterocycles. The minimum absolute atomic E-state index is 0.116. The summed E-state index contributed by atoms with van der Waals surface area (Å²) < 4.78 is 8.06. The molecular weight excluding hydrogens is 508 g/mol. The van der Waals surface area contributed by atoms with E-state index in [4.69, 9.17) is 21.3 Å². The number of hydrogen-bond donors (Lipinski definition) is 1. The van der Waals surface area contributed by atoms with Gasteiger partial charge < -0.3 is 19.6 Å². The molecule has 1 fully saturated rings. The van der Waals surface area contributed by atoms with Crippen LogP contribution in [0.15, 0.2) is 30.7 Å². The molecule has 11 heteroatoms. The molecule has 0 radical (unpaired) electrons. The maximum atomic E-state index is 11.8. The standard InChI is InChI=1S/C26H37ClN6O3Si/c1-26(2,3)22-15-31(9-10-32(22)25(34)35)18-7-8-20(28-14-18)21-13-19-23(27)29-16-30-24(19)33(21)17-36-11-12-37(4,5)6/h7-8,13-14,16,22H,9-12,15,17H2,1-6H3,(H,34,35). The van der Waals surface area contributed by atoms with Gasteiger partial charge in [-0.1, -0.05) is 52.0 Å². The largest absolute Gasteiger partial charge is 0.465 e. The Morgan fingerprint density at radius 3 is 2.57 bits per heavy atom. The summed E-state index contributed by atoms with van der Waals surface area (Å²) in [4.78, 5) is 29.0. The predicted octanol–water partition coefficient (Wildman–Crippen LogP) is 5.67. The Kier molecular flexibility index (Phi) is 7.82. The maximum absolute atomic E-state index is 11.8. The molecule has 0 spiro atoms. The number of ether oxygens (including phenoxy) is 1. The Balaban J connectivity index is 1.59. The summed E-state index contributed by atoms with van der Waals surface area (Å²) in [5, 5.41) is 10.8. The zero-order valence-electron chi connectivity index (χ0n) is 22.5. The van der Waals surface area contributed by atoms with Crippen molar-refractivity contribution in [1.82, 2.24) is 24.4 Å². The molecule has 37 heavy (non-hydrogen) atoms. The first kappa shape index (κ1) is 27.3. The SMILES string of the molecule is CC(C)(C)C1CN(c2ccc(-c3cc4c(Cl)ncnc4n3COCC[Si](C)(C)C)nc2)CCN1C(=O)O. The Labute approximate surface area is 224 Å². The maximum Gasteiger partial charge on any atom is 0.407 e. The first-order valence-electron chi connectivity index (χ1n) is 12.6. The molecule has 1 saturated heterocycles. The van der Waals surface area contributed by atoms with Gasteiger partial charge in [-0.3, -0.25) is 9.55 Å². The summed E-state index contributed by atoms with van der Waals surface area (Å²) in [5.41, 5.74) is 3.14. The van der Waals surface area contributed by atoms with E-state index < -0.39 is 14.2 Å². The second-order valence-electron chi connectivity index (χ2n) is 11.9. The van der Waals surface area contributed by atoms with E-state index in [2.05, 4.69) is 55.3 Å². The van der Waals surface area contributed by atoms with Gasteiger partial charge in [-0.25, -0.2) is 14.8 Å². The molecule has 4 heterocycles. The summed E-state index contributed by atoms with van der Waals surface area (Å²) in [6.07, 6.45) is 2.45. The lowest BCUT2D eigenvalue weighted by Crippen LogP contribution is -2.59. The quantitative estimate of drug-likeness (QED) is 0.232. The number of fused-ring (bicyclic) bond motifs is 1. The van der Waals surface area contributed by atoms with E-state index in [1.54, 1.807) is 4.90 Å². The smallest absolute Gasteiger partial charge is 0.407 e. The number of rotatable bonds is 7. The molecular formula is C26H37ClN6O3Si. The molecule has 1 atom stereocenters. The van der Waals surface area contributed by atoms with Gasteiger partial charge in [0.1, 0.15) is 23.9 Å². The van der Waals surface area contributed by atoms with Crippen molar-refractivity contribution in [2.75, 3.05) is 31.1 Å². The zero-order valence-corrected chi connectivity index (χ0v) is 24.3. The van der Waals surface area contributed by atoms with Gasteiger partial charge in [0.05, 0.1) is 34.7 Å². The molecule has 1 amide bonds. The van der Waals surface area contributed by atoms with Crippen LogP contribution in [0.1, 0.15) is 20.8 Å². The first-order valence-corrected chi connectivity index (χ1v) is 16.7. The van der Waals surface area contributed by atoms with Crippen LogP contribution in [0.3, 0.4) is 0 Å². The Hall–Kier alpha value is -2.69. The van der Waals surface area contributed by atoms with Crippen molar-refractivity contribution < 1.29 is 14.6 Å². The van der Waals surface area contributed by atoms with Crippen LogP contribution in [-0.2, 0) is 11.5 Å². The molecule has 1 aliphatic rings. The molecule has 4 rings (SSSR count). The van der Waals surface area contributed by atoms with Crippen molar-refractivity contribution in [1.29, 1.82) is 0 Å². The average Bonchev–Trinajstić information content (AvgIpc) is 3.20. The van der Waals surface area contributed by atoms with E-state index in [1.807, 2.05) is 29.0 Å². The molecule has 3 aromatic rings. The number of halogens is 1. The monoisotopic (exact) mass is 544 g/mol. The Morgan fingerprint density at radius 1 is 1.19 bits per heavy atom. The number of nitrogens with zero attached hydrogens (tertiary/aromatic N) is 6. The third kappa shape index (κ3) is 6.24. The van der Waals surface area contributed by atoms with Crippen LogP contribution >= 0.6 is 11.6 Å². The molecule has 1 N–H and O–H groups in total. The number of carboxylic acid groups (broad SMARTS) is 1. The molecule has 1 unspecified atom stereocenters. The van der Waals surface area contributed by atoms with Gasteiger partial charge in [-0.15, -0.1) is 0 Å². The third-order valence-corrected chi connectivity index (χ3v) is 8.87.